The molecular weight excluding hydrogens is 257 g/mol. The zero-order chi connectivity index (χ0) is 11.1. The summed E-state index contributed by atoms with van der Waals surface area (Å²) in [7, 11) is 0. The van der Waals surface area contributed by atoms with Crippen LogP contribution in [-0.2, 0) is 5.41 Å². The van der Waals surface area contributed by atoms with Crippen molar-refractivity contribution < 1.29 is 4.39 Å². The fraction of sp³-hybridized carbons (Fsp3) is 0.500. The number of rotatable bonds is 2. The van der Waals surface area contributed by atoms with Crippen LogP contribution in [0.3, 0.4) is 0 Å². The van der Waals surface area contributed by atoms with Crippen LogP contribution in [0.15, 0.2) is 16.6 Å². The smallest absolute Gasteiger partial charge is 0.137 e. The maximum Gasteiger partial charge on any atom is 0.137 e. The van der Waals surface area contributed by atoms with Gasteiger partial charge < -0.3 is 5.73 Å². The Hall–Kier alpha value is -0.410. The third-order valence-corrected chi connectivity index (χ3v) is 4.31. The third-order valence-electron chi connectivity index (χ3n) is 3.53. The molecule has 0 atom stereocenters. The van der Waals surface area contributed by atoms with Crippen molar-refractivity contribution in [2.24, 2.45) is 5.73 Å². The molecule has 0 unspecified atom stereocenters. The molecule has 2 rings (SSSR count). The molecule has 2 N–H and O–H groups in total. The molecule has 0 amide bonds. The molecule has 1 fully saturated rings. The van der Waals surface area contributed by atoms with Gasteiger partial charge in [-0.2, -0.15) is 0 Å². The normalized spacial score (nSPS) is 18.7. The van der Waals surface area contributed by atoms with Gasteiger partial charge >= 0.3 is 0 Å². The van der Waals surface area contributed by atoms with E-state index in [1.807, 2.05) is 13.0 Å². The largest absolute Gasteiger partial charge is 0.330 e. The SMILES string of the molecule is Cc1ccc(F)c(Br)c1C1(CN)CCC1. The van der Waals surface area contributed by atoms with E-state index < -0.39 is 0 Å². The predicted molar refractivity (Wildman–Crippen MR) is 63.4 cm³/mol. The van der Waals surface area contributed by atoms with E-state index in [2.05, 4.69) is 15.9 Å². The average Bonchev–Trinajstić information content (AvgIpc) is 2.16. The maximum atomic E-state index is 13.5. The van der Waals surface area contributed by atoms with Crippen molar-refractivity contribution in [3.63, 3.8) is 0 Å². The Morgan fingerprint density at radius 1 is 1.47 bits per heavy atom. The Kier molecular flexibility index (Phi) is 2.86. The number of halogens is 2. The van der Waals surface area contributed by atoms with Gasteiger partial charge in [0.05, 0.1) is 4.47 Å². The molecule has 0 saturated heterocycles. The first-order valence-electron chi connectivity index (χ1n) is 5.26. The molecule has 0 aliphatic heterocycles. The van der Waals surface area contributed by atoms with Crippen LogP contribution in [0.1, 0.15) is 30.4 Å². The van der Waals surface area contributed by atoms with Crippen LogP contribution in [0.5, 0.6) is 0 Å². The molecule has 0 aromatic heterocycles. The van der Waals surface area contributed by atoms with Crippen LogP contribution < -0.4 is 5.73 Å². The molecule has 1 aromatic carbocycles. The Labute approximate surface area is 98.0 Å². The molecule has 1 nitrogen and oxygen atoms in total. The second kappa shape index (κ2) is 3.87. The van der Waals surface area contributed by atoms with Gasteiger partial charge in [0.2, 0.25) is 0 Å². The number of hydrogen-bond donors (Lipinski definition) is 1. The van der Waals surface area contributed by atoms with E-state index in [1.165, 1.54) is 12.5 Å². The van der Waals surface area contributed by atoms with E-state index in [9.17, 15) is 4.39 Å². The molecule has 0 bridgehead atoms. The molecule has 15 heavy (non-hydrogen) atoms. The van der Waals surface area contributed by atoms with Gasteiger partial charge in [-0.15, -0.1) is 0 Å². The standard InChI is InChI=1S/C12H15BrFN/c1-8-3-4-9(14)11(13)10(8)12(7-15)5-2-6-12/h3-4H,2,5-7,15H2,1H3. The molecule has 82 valence electrons. The van der Waals surface area contributed by atoms with Crippen LogP contribution in [0.4, 0.5) is 4.39 Å². The molecule has 1 saturated carbocycles. The Morgan fingerprint density at radius 2 is 2.13 bits per heavy atom. The Morgan fingerprint density at radius 3 is 2.60 bits per heavy atom. The lowest BCUT2D eigenvalue weighted by Gasteiger charge is -2.43. The molecule has 0 radical (unpaired) electrons. The molecule has 1 aliphatic rings. The van der Waals surface area contributed by atoms with Crippen molar-refractivity contribution in [1.29, 1.82) is 0 Å². The van der Waals surface area contributed by atoms with Gasteiger partial charge in [0, 0.05) is 12.0 Å². The van der Waals surface area contributed by atoms with Gasteiger partial charge in [-0.3, -0.25) is 0 Å². The van der Waals surface area contributed by atoms with E-state index >= 15 is 0 Å². The minimum Gasteiger partial charge on any atom is -0.330 e. The van der Waals surface area contributed by atoms with Crippen molar-refractivity contribution in [1.82, 2.24) is 0 Å². The molecule has 1 aliphatic carbocycles. The highest BCUT2D eigenvalue weighted by molar-refractivity contribution is 9.10. The lowest BCUT2D eigenvalue weighted by molar-refractivity contribution is 0.249. The summed E-state index contributed by atoms with van der Waals surface area (Å²) < 4.78 is 14.1. The van der Waals surface area contributed by atoms with Gasteiger partial charge in [-0.25, -0.2) is 4.39 Å². The van der Waals surface area contributed by atoms with E-state index in [4.69, 9.17) is 5.73 Å². The number of hydrogen-bond acceptors (Lipinski definition) is 1. The van der Waals surface area contributed by atoms with Crippen molar-refractivity contribution >= 4 is 15.9 Å². The second-order valence-corrected chi connectivity index (χ2v) is 5.18. The fourth-order valence-electron chi connectivity index (χ4n) is 2.46. The highest BCUT2D eigenvalue weighted by Crippen LogP contribution is 2.47. The monoisotopic (exact) mass is 271 g/mol. The fourth-order valence-corrected chi connectivity index (χ4v) is 3.32. The Balaban J connectivity index is 2.55. The first-order valence-corrected chi connectivity index (χ1v) is 6.05. The van der Waals surface area contributed by atoms with Gasteiger partial charge in [-0.05, 0) is 52.9 Å². The van der Waals surface area contributed by atoms with Crippen molar-refractivity contribution in [3.05, 3.63) is 33.5 Å². The van der Waals surface area contributed by atoms with E-state index in [0.717, 1.165) is 24.0 Å². The summed E-state index contributed by atoms with van der Waals surface area (Å²) in [5, 5.41) is 0. The molecule has 0 spiro atoms. The summed E-state index contributed by atoms with van der Waals surface area (Å²) in [6.07, 6.45) is 3.35. The number of aryl methyl sites for hydroxylation is 1. The third kappa shape index (κ3) is 1.62. The zero-order valence-corrected chi connectivity index (χ0v) is 10.4. The topological polar surface area (TPSA) is 26.0 Å². The summed E-state index contributed by atoms with van der Waals surface area (Å²) in [5.41, 5.74) is 8.08. The van der Waals surface area contributed by atoms with Crippen LogP contribution in [0.2, 0.25) is 0 Å². The first-order chi connectivity index (χ1) is 7.10. The van der Waals surface area contributed by atoms with Gasteiger partial charge in [0.15, 0.2) is 0 Å². The average molecular weight is 272 g/mol. The molecular formula is C12H15BrFN. The minimum atomic E-state index is -0.185. The summed E-state index contributed by atoms with van der Waals surface area (Å²) >= 11 is 3.35. The van der Waals surface area contributed by atoms with Crippen LogP contribution in [0.25, 0.3) is 0 Å². The van der Waals surface area contributed by atoms with Crippen LogP contribution in [-0.4, -0.2) is 6.54 Å². The van der Waals surface area contributed by atoms with Gasteiger partial charge in [0.1, 0.15) is 5.82 Å². The van der Waals surface area contributed by atoms with Crippen molar-refractivity contribution in [2.45, 2.75) is 31.6 Å². The maximum absolute atomic E-state index is 13.5. The lowest BCUT2D eigenvalue weighted by atomic mass is 9.63. The zero-order valence-electron chi connectivity index (χ0n) is 8.82. The van der Waals surface area contributed by atoms with Crippen LogP contribution in [0, 0.1) is 12.7 Å². The highest BCUT2D eigenvalue weighted by Gasteiger charge is 2.40. The minimum absolute atomic E-state index is 0.0189. The Bertz CT molecular complexity index is 380. The molecule has 3 heteroatoms. The summed E-state index contributed by atoms with van der Waals surface area (Å²) in [4.78, 5) is 0. The van der Waals surface area contributed by atoms with E-state index in [-0.39, 0.29) is 11.2 Å². The van der Waals surface area contributed by atoms with Gasteiger partial charge in [-0.1, -0.05) is 12.5 Å². The quantitative estimate of drug-likeness (QED) is 0.878. The highest BCUT2D eigenvalue weighted by atomic mass is 79.9. The van der Waals surface area contributed by atoms with Crippen LogP contribution >= 0.6 is 15.9 Å². The predicted octanol–water partition coefficient (Wildman–Crippen LogP) is 3.28. The summed E-state index contributed by atoms with van der Waals surface area (Å²) in [6, 6.07) is 3.34. The summed E-state index contributed by atoms with van der Waals surface area (Å²) in [5.74, 6) is -0.185. The van der Waals surface area contributed by atoms with E-state index in [0.29, 0.717) is 11.0 Å². The number of benzene rings is 1. The number of nitrogens with two attached hydrogens (primary N) is 1. The summed E-state index contributed by atoms with van der Waals surface area (Å²) in [6.45, 7) is 2.63. The first kappa shape index (κ1) is 11.1. The van der Waals surface area contributed by atoms with E-state index in [1.54, 1.807) is 0 Å². The lowest BCUT2D eigenvalue weighted by Crippen LogP contribution is -2.42. The second-order valence-electron chi connectivity index (χ2n) is 4.39. The van der Waals surface area contributed by atoms with Crippen molar-refractivity contribution in [2.75, 3.05) is 6.54 Å². The van der Waals surface area contributed by atoms with Crippen molar-refractivity contribution in [3.8, 4) is 0 Å². The molecule has 1 aromatic rings. The molecule has 0 heterocycles. The van der Waals surface area contributed by atoms with Gasteiger partial charge in [0.25, 0.3) is 0 Å².